The van der Waals surface area contributed by atoms with Crippen LogP contribution in [0.2, 0.25) is 0 Å². The maximum atomic E-state index is 11.9. The van der Waals surface area contributed by atoms with E-state index in [0.717, 1.165) is 0 Å². The highest BCUT2D eigenvalue weighted by atomic mass is 35.5. The largest absolute Gasteiger partial charge is 0.383 e. The molecular weight excluding hydrogens is 250 g/mol. The molecule has 1 rings (SSSR count). The van der Waals surface area contributed by atoms with Gasteiger partial charge in [-0.25, -0.2) is 0 Å². The standard InChI is InChI=1S/C14H20ClNO2/c1-10(2)11-4-6-12(7-5-11)14(17)16-13(8-15)9-18-3/h4-7,10,13H,8-9H2,1-3H3,(H,16,17). The molecule has 0 aliphatic heterocycles. The summed E-state index contributed by atoms with van der Waals surface area (Å²) in [5.41, 5.74) is 1.86. The van der Waals surface area contributed by atoms with Gasteiger partial charge in [-0.15, -0.1) is 11.6 Å². The van der Waals surface area contributed by atoms with E-state index < -0.39 is 0 Å². The van der Waals surface area contributed by atoms with E-state index in [-0.39, 0.29) is 11.9 Å². The SMILES string of the molecule is COCC(CCl)NC(=O)c1ccc(C(C)C)cc1. The summed E-state index contributed by atoms with van der Waals surface area (Å²) in [6.45, 7) is 4.66. The Hall–Kier alpha value is -1.06. The summed E-state index contributed by atoms with van der Waals surface area (Å²) in [6, 6.07) is 7.47. The first-order valence-electron chi connectivity index (χ1n) is 6.04. The fraction of sp³-hybridized carbons (Fsp3) is 0.500. The topological polar surface area (TPSA) is 38.3 Å². The van der Waals surface area contributed by atoms with Crippen LogP contribution in [0.5, 0.6) is 0 Å². The van der Waals surface area contributed by atoms with Gasteiger partial charge >= 0.3 is 0 Å². The van der Waals surface area contributed by atoms with Gasteiger partial charge in [0.15, 0.2) is 0 Å². The molecule has 1 N–H and O–H groups in total. The van der Waals surface area contributed by atoms with Gasteiger partial charge in [-0.3, -0.25) is 4.79 Å². The maximum Gasteiger partial charge on any atom is 0.251 e. The van der Waals surface area contributed by atoms with Gasteiger partial charge in [-0.05, 0) is 23.6 Å². The van der Waals surface area contributed by atoms with E-state index in [1.807, 2.05) is 24.3 Å². The van der Waals surface area contributed by atoms with Crippen LogP contribution in [0.1, 0.15) is 35.7 Å². The van der Waals surface area contributed by atoms with Crippen molar-refractivity contribution in [2.75, 3.05) is 19.6 Å². The van der Waals surface area contributed by atoms with Gasteiger partial charge in [-0.2, -0.15) is 0 Å². The molecule has 1 aromatic rings. The normalized spacial score (nSPS) is 12.5. The third kappa shape index (κ3) is 4.31. The second-order valence-corrected chi connectivity index (χ2v) is 4.87. The molecule has 0 radical (unpaired) electrons. The van der Waals surface area contributed by atoms with Crippen LogP contribution in [-0.4, -0.2) is 31.5 Å². The molecule has 0 bridgehead atoms. The van der Waals surface area contributed by atoms with Crippen LogP contribution < -0.4 is 5.32 Å². The van der Waals surface area contributed by atoms with Crippen molar-refractivity contribution in [3.8, 4) is 0 Å². The number of ether oxygens (including phenoxy) is 1. The zero-order valence-electron chi connectivity index (χ0n) is 11.1. The molecule has 100 valence electrons. The maximum absolute atomic E-state index is 11.9. The zero-order chi connectivity index (χ0) is 13.5. The van der Waals surface area contributed by atoms with E-state index in [0.29, 0.717) is 24.0 Å². The Morgan fingerprint density at radius 2 is 1.94 bits per heavy atom. The Kier molecular flexibility index (Phi) is 6.16. The molecule has 3 nitrogen and oxygen atoms in total. The molecule has 0 aromatic heterocycles. The zero-order valence-corrected chi connectivity index (χ0v) is 11.8. The van der Waals surface area contributed by atoms with E-state index in [4.69, 9.17) is 16.3 Å². The Balaban J connectivity index is 2.66. The third-order valence-electron chi connectivity index (χ3n) is 2.73. The minimum Gasteiger partial charge on any atom is -0.383 e. The number of amides is 1. The highest BCUT2D eigenvalue weighted by Crippen LogP contribution is 2.14. The van der Waals surface area contributed by atoms with Crippen LogP contribution >= 0.6 is 11.6 Å². The van der Waals surface area contributed by atoms with E-state index in [2.05, 4.69) is 19.2 Å². The lowest BCUT2D eigenvalue weighted by molar-refractivity contribution is 0.0907. The second kappa shape index (κ2) is 7.39. The van der Waals surface area contributed by atoms with Crippen molar-refractivity contribution in [2.45, 2.75) is 25.8 Å². The quantitative estimate of drug-likeness (QED) is 0.807. The van der Waals surface area contributed by atoms with Gasteiger partial charge in [0.05, 0.1) is 12.6 Å². The van der Waals surface area contributed by atoms with Crippen LogP contribution in [0.3, 0.4) is 0 Å². The van der Waals surface area contributed by atoms with Crippen molar-refractivity contribution in [1.82, 2.24) is 5.32 Å². The Labute approximate surface area is 113 Å². The molecular formula is C14H20ClNO2. The lowest BCUT2D eigenvalue weighted by Gasteiger charge is -2.15. The predicted molar refractivity (Wildman–Crippen MR) is 74.4 cm³/mol. The van der Waals surface area contributed by atoms with Gasteiger partial charge in [0.25, 0.3) is 5.91 Å². The number of hydrogen-bond acceptors (Lipinski definition) is 2. The number of carbonyl (C=O) groups excluding carboxylic acids is 1. The van der Waals surface area contributed by atoms with Crippen LogP contribution in [0.15, 0.2) is 24.3 Å². The lowest BCUT2D eigenvalue weighted by atomic mass is 10.0. The first-order valence-corrected chi connectivity index (χ1v) is 6.57. The van der Waals surface area contributed by atoms with Crippen molar-refractivity contribution in [2.24, 2.45) is 0 Å². The highest BCUT2D eigenvalue weighted by Gasteiger charge is 2.12. The number of halogens is 1. The fourth-order valence-corrected chi connectivity index (χ4v) is 1.78. The number of alkyl halides is 1. The smallest absolute Gasteiger partial charge is 0.251 e. The van der Waals surface area contributed by atoms with Crippen LogP contribution in [0.4, 0.5) is 0 Å². The monoisotopic (exact) mass is 269 g/mol. The Morgan fingerprint density at radius 3 is 2.39 bits per heavy atom. The van der Waals surface area contributed by atoms with Crippen molar-refractivity contribution in [3.63, 3.8) is 0 Å². The predicted octanol–water partition coefficient (Wildman–Crippen LogP) is 2.79. The van der Waals surface area contributed by atoms with E-state index in [9.17, 15) is 4.79 Å². The summed E-state index contributed by atoms with van der Waals surface area (Å²) in [4.78, 5) is 11.9. The number of hydrogen-bond donors (Lipinski definition) is 1. The van der Waals surface area contributed by atoms with Gasteiger partial charge in [0.1, 0.15) is 0 Å². The minimum atomic E-state index is -0.158. The van der Waals surface area contributed by atoms with E-state index in [1.54, 1.807) is 7.11 Å². The average Bonchev–Trinajstić information content (AvgIpc) is 2.38. The Bertz CT molecular complexity index is 376. The molecule has 1 amide bonds. The number of carbonyl (C=O) groups is 1. The molecule has 4 heteroatoms. The summed E-state index contributed by atoms with van der Waals surface area (Å²) < 4.78 is 4.98. The lowest BCUT2D eigenvalue weighted by Crippen LogP contribution is -2.39. The molecule has 0 spiro atoms. The van der Waals surface area contributed by atoms with Gasteiger partial charge in [-0.1, -0.05) is 26.0 Å². The van der Waals surface area contributed by atoms with Gasteiger partial charge < -0.3 is 10.1 Å². The van der Waals surface area contributed by atoms with Crippen LogP contribution in [-0.2, 0) is 4.74 Å². The minimum absolute atomic E-state index is 0.118. The van der Waals surface area contributed by atoms with Crippen LogP contribution in [0.25, 0.3) is 0 Å². The first kappa shape index (κ1) is 15.0. The van der Waals surface area contributed by atoms with E-state index >= 15 is 0 Å². The second-order valence-electron chi connectivity index (χ2n) is 4.56. The molecule has 1 unspecified atom stereocenters. The summed E-state index contributed by atoms with van der Waals surface area (Å²) >= 11 is 5.75. The third-order valence-corrected chi connectivity index (χ3v) is 3.10. The number of benzene rings is 1. The molecule has 0 saturated carbocycles. The number of nitrogens with one attached hydrogen (secondary N) is 1. The fourth-order valence-electron chi connectivity index (χ4n) is 1.61. The summed E-state index contributed by atoms with van der Waals surface area (Å²) in [5.74, 6) is 0.683. The summed E-state index contributed by atoms with van der Waals surface area (Å²) in [7, 11) is 1.59. The van der Waals surface area contributed by atoms with Gasteiger partial charge in [0.2, 0.25) is 0 Å². The van der Waals surface area contributed by atoms with Crippen molar-refractivity contribution >= 4 is 17.5 Å². The van der Waals surface area contributed by atoms with E-state index in [1.165, 1.54) is 5.56 Å². The number of rotatable bonds is 6. The molecule has 18 heavy (non-hydrogen) atoms. The molecule has 0 aliphatic rings. The van der Waals surface area contributed by atoms with Gasteiger partial charge in [0, 0.05) is 18.6 Å². The first-order chi connectivity index (χ1) is 8.58. The summed E-state index contributed by atoms with van der Waals surface area (Å²) in [5, 5.41) is 2.84. The molecule has 1 atom stereocenters. The molecule has 0 heterocycles. The number of methoxy groups -OCH3 is 1. The molecule has 0 saturated heterocycles. The summed E-state index contributed by atoms with van der Waals surface area (Å²) in [6.07, 6.45) is 0. The Morgan fingerprint density at radius 1 is 1.33 bits per heavy atom. The average molecular weight is 270 g/mol. The molecule has 0 fully saturated rings. The van der Waals surface area contributed by atoms with Crippen molar-refractivity contribution in [3.05, 3.63) is 35.4 Å². The highest BCUT2D eigenvalue weighted by molar-refractivity contribution is 6.18. The molecule has 0 aliphatic carbocycles. The van der Waals surface area contributed by atoms with Crippen LogP contribution in [0, 0.1) is 0 Å². The molecule has 1 aromatic carbocycles. The van der Waals surface area contributed by atoms with Crippen molar-refractivity contribution < 1.29 is 9.53 Å². The van der Waals surface area contributed by atoms with Crippen molar-refractivity contribution in [1.29, 1.82) is 0 Å².